The van der Waals surface area contributed by atoms with Crippen LogP contribution in [0.15, 0.2) is 22.7 Å². The Kier molecular flexibility index (Phi) is 4.25. The molecular formula is C21H16BrFN4O4. The molecule has 3 aliphatic heterocycles. The molecule has 0 radical (unpaired) electrons. The highest BCUT2D eigenvalue weighted by molar-refractivity contribution is 9.10. The molecule has 31 heavy (non-hydrogen) atoms. The second-order valence-electron chi connectivity index (χ2n) is 8.23. The zero-order chi connectivity index (χ0) is 22.1. The third-order valence-corrected chi connectivity index (χ3v) is 7.59. The zero-order valence-electron chi connectivity index (χ0n) is 16.2. The Morgan fingerprint density at radius 1 is 1.10 bits per heavy atom. The summed E-state index contributed by atoms with van der Waals surface area (Å²) in [6.07, 6.45) is -0.439. The number of ether oxygens (including phenoxy) is 4. The van der Waals surface area contributed by atoms with Gasteiger partial charge < -0.3 is 18.9 Å². The van der Waals surface area contributed by atoms with Gasteiger partial charge in [0.25, 0.3) is 0 Å². The van der Waals surface area contributed by atoms with Crippen molar-refractivity contribution in [1.82, 2.24) is 0 Å². The van der Waals surface area contributed by atoms with Crippen LogP contribution in [0.25, 0.3) is 0 Å². The quantitative estimate of drug-likeness (QED) is 0.642. The van der Waals surface area contributed by atoms with Crippen molar-refractivity contribution in [2.45, 2.75) is 36.9 Å². The number of hydrogen-bond donors (Lipinski definition) is 1. The first-order valence-corrected chi connectivity index (χ1v) is 10.5. The zero-order valence-corrected chi connectivity index (χ0v) is 17.7. The Labute approximate surface area is 185 Å². The molecule has 4 atom stereocenters. The molecule has 1 saturated carbocycles. The number of nitrogens with one attached hydrogen (secondary N) is 1. The normalized spacial score (nSPS) is 36.7. The van der Waals surface area contributed by atoms with Gasteiger partial charge in [-0.15, -0.1) is 0 Å². The van der Waals surface area contributed by atoms with Gasteiger partial charge in [-0.05, 0) is 33.6 Å². The molecule has 1 aromatic carbocycles. The van der Waals surface area contributed by atoms with E-state index < -0.39 is 46.1 Å². The van der Waals surface area contributed by atoms with Crippen molar-refractivity contribution < 1.29 is 23.3 Å². The molecule has 1 spiro atoms. The summed E-state index contributed by atoms with van der Waals surface area (Å²) in [5, 5.41) is 39.5. The highest BCUT2D eigenvalue weighted by Crippen LogP contribution is 2.70. The van der Waals surface area contributed by atoms with Gasteiger partial charge in [0.05, 0.1) is 41.8 Å². The lowest BCUT2D eigenvalue weighted by Crippen LogP contribution is -2.63. The summed E-state index contributed by atoms with van der Waals surface area (Å²) >= 11 is 3.12. The molecule has 8 nitrogen and oxygen atoms in total. The second kappa shape index (κ2) is 6.48. The summed E-state index contributed by atoms with van der Waals surface area (Å²) in [7, 11) is 0. The number of nitrogens with zero attached hydrogens (tertiary/aromatic N) is 3. The molecule has 4 fully saturated rings. The average molecular weight is 487 g/mol. The molecule has 1 aliphatic carbocycles. The highest BCUT2D eigenvalue weighted by Gasteiger charge is 2.82. The molecule has 5 rings (SSSR count). The van der Waals surface area contributed by atoms with E-state index >= 15 is 0 Å². The Morgan fingerprint density at radius 3 is 2.42 bits per heavy atom. The standard InChI is InChI=1S/C21H16BrFN4O4/c22-13-7-12(1-2-14(13)23)16-18(9-24,10-25)20(11-26)15-8-19(28-5-6-29-19)3-4-21(15,30-16)31-17(20)27/h1-2,7,15-16,27H,3-6,8H2. The molecule has 3 heterocycles. The van der Waals surface area contributed by atoms with Gasteiger partial charge in [-0.3, -0.25) is 5.41 Å². The van der Waals surface area contributed by atoms with Gasteiger partial charge >= 0.3 is 0 Å². The lowest BCUT2D eigenvalue weighted by atomic mass is 9.51. The van der Waals surface area contributed by atoms with E-state index in [1.165, 1.54) is 18.2 Å². The molecule has 0 amide bonds. The van der Waals surface area contributed by atoms with Crippen LogP contribution in [0.2, 0.25) is 0 Å². The monoisotopic (exact) mass is 486 g/mol. The molecule has 1 N–H and O–H groups in total. The summed E-state index contributed by atoms with van der Waals surface area (Å²) < 4.78 is 37.9. The molecule has 3 saturated heterocycles. The highest BCUT2D eigenvalue weighted by atomic mass is 79.9. The molecule has 2 bridgehead atoms. The van der Waals surface area contributed by atoms with Crippen LogP contribution < -0.4 is 0 Å². The van der Waals surface area contributed by atoms with Gasteiger partial charge in [0, 0.05) is 19.3 Å². The minimum absolute atomic E-state index is 0.128. The number of rotatable bonds is 1. The maximum Gasteiger partial charge on any atom is 0.218 e. The SMILES string of the molecule is N#CC1(C#N)C(c2ccc(F)c(Br)c2)OC23CCC4(CC2C1(C#N)C(=N)O3)OCCO4. The van der Waals surface area contributed by atoms with Gasteiger partial charge in [0.1, 0.15) is 11.9 Å². The van der Waals surface area contributed by atoms with E-state index in [-0.39, 0.29) is 17.3 Å². The van der Waals surface area contributed by atoms with E-state index in [4.69, 9.17) is 24.4 Å². The summed E-state index contributed by atoms with van der Waals surface area (Å²) in [6.45, 7) is 0.790. The Hall–Kier alpha value is -2.55. The predicted molar refractivity (Wildman–Crippen MR) is 103 cm³/mol. The van der Waals surface area contributed by atoms with Crippen LogP contribution in [-0.4, -0.2) is 30.7 Å². The van der Waals surface area contributed by atoms with E-state index in [0.717, 1.165) is 0 Å². The molecule has 10 heteroatoms. The summed E-state index contributed by atoms with van der Waals surface area (Å²) in [6, 6.07) is 10.1. The number of benzene rings is 1. The summed E-state index contributed by atoms with van der Waals surface area (Å²) in [5.41, 5.74) is -3.69. The van der Waals surface area contributed by atoms with E-state index in [9.17, 15) is 20.2 Å². The minimum atomic E-state index is -2.11. The van der Waals surface area contributed by atoms with E-state index in [1.54, 1.807) is 0 Å². The minimum Gasteiger partial charge on any atom is -0.447 e. The molecular weight excluding hydrogens is 471 g/mol. The molecule has 158 valence electrons. The van der Waals surface area contributed by atoms with Crippen LogP contribution in [0.5, 0.6) is 0 Å². The topological polar surface area (TPSA) is 132 Å². The average Bonchev–Trinajstić information content (AvgIpc) is 3.30. The van der Waals surface area contributed by atoms with Crippen molar-refractivity contribution in [2.24, 2.45) is 16.7 Å². The van der Waals surface area contributed by atoms with Crippen LogP contribution in [-0.2, 0) is 18.9 Å². The van der Waals surface area contributed by atoms with Gasteiger partial charge in [-0.25, -0.2) is 4.39 Å². The summed E-state index contributed by atoms with van der Waals surface area (Å²) in [5.74, 6) is -4.18. The summed E-state index contributed by atoms with van der Waals surface area (Å²) in [4.78, 5) is 0. The Balaban J connectivity index is 1.72. The van der Waals surface area contributed by atoms with Crippen molar-refractivity contribution in [3.63, 3.8) is 0 Å². The van der Waals surface area contributed by atoms with Crippen LogP contribution in [0.4, 0.5) is 4.39 Å². The van der Waals surface area contributed by atoms with Gasteiger partial charge in [0.15, 0.2) is 11.2 Å². The van der Waals surface area contributed by atoms with Gasteiger partial charge in [-0.2, -0.15) is 15.8 Å². The molecule has 4 aliphatic rings. The first-order chi connectivity index (χ1) is 14.8. The van der Waals surface area contributed by atoms with E-state index in [1.807, 2.05) is 12.1 Å². The number of halogens is 2. The number of nitriles is 3. The van der Waals surface area contributed by atoms with E-state index in [2.05, 4.69) is 22.0 Å². The van der Waals surface area contributed by atoms with Crippen LogP contribution in [0.3, 0.4) is 0 Å². The van der Waals surface area contributed by atoms with Crippen molar-refractivity contribution in [1.29, 1.82) is 21.2 Å². The third kappa shape index (κ3) is 2.32. The van der Waals surface area contributed by atoms with Crippen LogP contribution in [0, 0.1) is 62.0 Å². The third-order valence-electron chi connectivity index (χ3n) is 6.98. The maximum atomic E-state index is 13.9. The lowest BCUT2D eigenvalue weighted by molar-refractivity contribution is -0.330. The molecule has 0 aromatic heterocycles. The fourth-order valence-corrected chi connectivity index (χ4v) is 5.92. The van der Waals surface area contributed by atoms with Gasteiger partial charge in [0.2, 0.25) is 17.1 Å². The second-order valence-corrected chi connectivity index (χ2v) is 9.08. The molecule has 4 unspecified atom stereocenters. The fraction of sp³-hybridized carbons (Fsp3) is 0.524. The lowest BCUT2D eigenvalue weighted by Gasteiger charge is -2.54. The van der Waals surface area contributed by atoms with Crippen molar-refractivity contribution in [3.8, 4) is 18.2 Å². The smallest absolute Gasteiger partial charge is 0.218 e. The van der Waals surface area contributed by atoms with Crippen LogP contribution >= 0.6 is 15.9 Å². The largest absolute Gasteiger partial charge is 0.447 e. The van der Waals surface area contributed by atoms with Crippen LogP contribution in [0.1, 0.15) is 30.9 Å². The number of hydrogen-bond acceptors (Lipinski definition) is 8. The first kappa shape index (κ1) is 20.4. The first-order valence-electron chi connectivity index (χ1n) is 9.74. The van der Waals surface area contributed by atoms with Crippen molar-refractivity contribution in [2.75, 3.05) is 13.2 Å². The molecule has 1 aromatic rings. The Morgan fingerprint density at radius 2 is 1.81 bits per heavy atom. The Bertz CT molecular complexity index is 1100. The van der Waals surface area contributed by atoms with Crippen molar-refractivity contribution in [3.05, 3.63) is 34.1 Å². The van der Waals surface area contributed by atoms with E-state index in [0.29, 0.717) is 25.2 Å². The fourth-order valence-electron chi connectivity index (χ4n) is 5.53. The maximum absolute atomic E-state index is 13.9. The van der Waals surface area contributed by atoms with Gasteiger partial charge in [-0.1, -0.05) is 6.07 Å². The predicted octanol–water partition coefficient (Wildman–Crippen LogP) is 3.45. The van der Waals surface area contributed by atoms with Crippen molar-refractivity contribution >= 4 is 21.8 Å².